The predicted molar refractivity (Wildman–Crippen MR) is 69.1 cm³/mol. The first kappa shape index (κ1) is 12.3. The van der Waals surface area contributed by atoms with Gasteiger partial charge in [0.15, 0.2) is 5.78 Å². The van der Waals surface area contributed by atoms with Crippen molar-refractivity contribution in [2.24, 2.45) is 5.92 Å². The maximum Gasteiger partial charge on any atom is 0.164 e. The van der Waals surface area contributed by atoms with Gasteiger partial charge in [-0.1, -0.05) is 38.5 Å². The van der Waals surface area contributed by atoms with Gasteiger partial charge in [-0.2, -0.15) is 0 Å². The van der Waals surface area contributed by atoms with E-state index in [0.717, 1.165) is 11.3 Å². The van der Waals surface area contributed by atoms with E-state index in [1.807, 2.05) is 19.1 Å². The van der Waals surface area contributed by atoms with Crippen molar-refractivity contribution < 1.29 is 4.79 Å². The van der Waals surface area contributed by atoms with E-state index in [9.17, 15) is 4.79 Å². The van der Waals surface area contributed by atoms with Crippen LogP contribution in [0, 0.1) is 12.8 Å². The third-order valence-electron chi connectivity index (χ3n) is 3.68. The summed E-state index contributed by atoms with van der Waals surface area (Å²) in [4.78, 5) is 16.3. The van der Waals surface area contributed by atoms with Gasteiger partial charge in [-0.25, -0.2) is 0 Å². The highest BCUT2D eigenvalue weighted by molar-refractivity contribution is 5.95. The van der Waals surface area contributed by atoms with E-state index in [2.05, 4.69) is 4.98 Å². The second-order valence-corrected chi connectivity index (χ2v) is 5.17. The molecule has 0 N–H and O–H groups in total. The maximum absolute atomic E-state index is 12.1. The van der Waals surface area contributed by atoms with Crippen LogP contribution in [0.3, 0.4) is 0 Å². The zero-order valence-corrected chi connectivity index (χ0v) is 10.6. The van der Waals surface area contributed by atoms with Gasteiger partial charge in [-0.15, -0.1) is 0 Å². The first-order chi connectivity index (χ1) is 8.25. The average Bonchev–Trinajstić information content (AvgIpc) is 2.58. The molecule has 1 aliphatic carbocycles. The number of hydrogen-bond acceptors (Lipinski definition) is 2. The molecular formula is C15H21NO. The van der Waals surface area contributed by atoms with Crippen molar-refractivity contribution in [2.75, 3.05) is 0 Å². The average molecular weight is 231 g/mol. The molecule has 92 valence electrons. The van der Waals surface area contributed by atoms with Gasteiger partial charge in [0.1, 0.15) is 0 Å². The van der Waals surface area contributed by atoms with Crippen LogP contribution in [0.15, 0.2) is 18.3 Å². The molecule has 1 aromatic rings. The topological polar surface area (TPSA) is 30.0 Å². The Morgan fingerprint density at radius 2 is 1.94 bits per heavy atom. The number of hydrogen-bond donors (Lipinski definition) is 0. The van der Waals surface area contributed by atoms with Crippen LogP contribution in [0.25, 0.3) is 0 Å². The molecule has 2 heteroatoms. The summed E-state index contributed by atoms with van der Waals surface area (Å²) in [6.07, 6.45) is 10.2. The Hall–Kier alpha value is -1.18. The van der Waals surface area contributed by atoms with Gasteiger partial charge in [0.25, 0.3) is 0 Å². The molecule has 0 spiro atoms. The minimum absolute atomic E-state index is 0.268. The molecule has 0 atom stereocenters. The summed E-state index contributed by atoms with van der Waals surface area (Å²) in [7, 11) is 0. The monoisotopic (exact) mass is 231 g/mol. The third kappa shape index (κ3) is 3.65. The number of carbonyl (C=O) groups excluding carboxylic acids is 1. The number of Topliss-reactive ketones (excluding diaryl/α,β-unsaturated/α-hetero) is 1. The highest BCUT2D eigenvalue weighted by atomic mass is 16.1. The lowest BCUT2D eigenvalue weighted by Crippen LogP contribution is -2.08. The largest absolute Gasteiger partial charge is 0.294 e. The summed E-state index contributed by atoms with van der Waals surface area (Å²) in [5, 5.41) is 0. The van der Waals surface area contributed by atoms with E-state index < -0.39 is 0 Å². The standard InChI is InChI=1S/C15H21NO/c1-12-8-9-14(11-16-12)15(17)10-13-6-4-2-3-5-7-13/h8-9,11,13H,2-7,10H2,1H3. The van der Waals surface area contributed by atoms with Crippen LogP contribution in [-0.4, -0.2) is 10.8 Å². The SMILES string of the molecule is Cc1ccc(C(=O)CC2CCCCCC2)cn1. The Balaban J connectivity index is 1.93. The summed E-state index contributed by atoms with van der Waals surface area (Å²) in [5.41, 5.74) is 1.75. The highest BCUT2D eigenvalue weighted by Crippen LogP contribution is 2.26. The van der Waals surface area contributed by atoms with Gasteiger partial charge in [0.05, 0.1) is 0 Å². The van der Waals surface area contributed by atoms with Crippen molar-refractivity contribution in [1.29, 1.82) is 0 Å². The molecule has 17 heavy (non-hydrogen) atoms. The van der Waals surface area contributed by atoms with Crippen molar-refractivity contribution >= 4 is 5.78 Å². The van der Waals surface area contributed by atoms with Crippen molar-refractivity contribution in [3.63, 3.8) is 0 Å². The molecule has 0 unspecified atom stereocenters. The minimum atomic E-state index is 0.268. The van der Waals surface area contributed by atoms with Gasteiger partial charge in [0, 0.05) is 23.9 Å². The van der Waals surface area contributed by atoms with Crippen molar-refractivity contribution in [2.45, 2.75) is 51.9 Å². The Bertz CT molecular complexity index is 361. The Labute approximate surface area is 103 Å². The first-order valence-electron chi connectivity index (χ1n) is 6.71. The third-order valence-corrected chi connectivity index (χ3v) is 3.68. The van der Waals surface area contributed by atoms with E-state index in [-0.39, 0.29) is 5.78 Å². The fourth-order valence-corrected chi connectivity index (χ4v) is 2.58. The van der Waals surface area contributed by atoms with Crippen molar-refractivity contribution in [1.82, 2.24) is 4.98 Å². The molecule has 0 aliphatic heterocycles. The molecule has 1 heterocycles. The molecule has 0 aromatic carbocycles. The molecule has 0 saturated heterocycles. The van der Waals surface area contributed by atoms with Crippen LogP contribution in [0.4, 0.5) is 0 Å². The van der Waals surface area contributed by atoms with Crippen LogP contribution in [0.1, 0.15) is 61.0 Å². The zero-order valence-electron chi connectivity index (χ0n) is 10.6. The number of carbonyl (C=O) groups is 1. The molecule has 1 aromatic heterocycles. The fraction of sp³-hybridized carbons (Fsp3) is 0.600. The lowest BCUT2D eigenvalue weighted by atomic mass is 9.92. The normalized spacial score (nSPS) is 17.7. The lowest BCUT2D eigenvalue weighted by molar-refractivity contribution is 0.0956. The number of rotatable bonds is 3. The first-order valence-corrected chi connectivity index (χ1v) is 6.71. The molecule has 0 amide bonds. The maximum atomic E-state index is 12.1. The summed E-state index contributed by atoms with van der Waals surface area (Å²) >= 11 is 0. The van der Waals surface area contributed by atoms with E-state index in [1.165, 1.54) is 38.5 Å². The Kier molecular flexibility index (Phi) is 4.29. The molecule has 1 saturated carbocycles. The highest BCUT2D eigenvalue weighted by Gasteiger charge is 2.17. The second kappa shape index (κ2) is 5.95. The van der Waals surface area contributed by atoms with Crippen LogP contribution < -0.4 is 0 Å². The van der Waals surface area contributed by atoms with E-state index in [0.29, 0.717) is 12.3 Å². The van der Waals surface area contributed by atoms with Crippen molar-refractivity contribution in [3.05, 3.63) is 29.6 Å². The molecular weight excluding hydrogens is 210 g/mol. The van der Waals surface area contributed by atoms with Gasteiger partial charge < -0.3 is 0 Å². The molecule has 1 aliphatic rings. The molecule has 2 rings (SSSR count). The summed E-state index contributed by atoms with van der Waals surface area (Å²) < 4.78 is 0. The summed E-state index contributed by atoms with van der Waals surface area (Å²) in [5.74, 6) is 0.871. The molecule has 0 bridgehead atoms. The number of pyridine rings is 1. The van der Waals surface area contributed by atoms with Crippen molar-refractivity contribution in [3.8, 4) is 0 Å². The van der Waals surface area contributed by atoms with Crippen LogP contribution in [0.5, 0.6) is 0 Å². The van der Waals surface area contributed by atoms with Gasteiger partial charge in [-0.05, 0) is 25.0 Å². The van der Waals surface area contributed by atoms with E-state index in [1.54, 1.807) is 6.20 Å². The number of aromatic nitrogens is 1. The predicted octanol–water partition coefficient (Wildman–Crippen LogP) is 3.93. The van der Waals surface area contributed by atoms with Gasteiger partial charge >= 0.3 is 0 Å². The molecule has 2 nitrogen and oxygen atoms in total. The summed E-state index contributed by atoms with van der Waals surface area (Å²) in [6, 6.07) is 3.82. The Morgan fingerprint density at radius 3 is 2.53 bits per heavy atom. The smallest absolute Gasteiger partial charge is 0.164 e. The number of ketones is 1. The second-order valence-electron chi connectivity index (χ2n) is 5.17. The van der Waals surface area contributed by atoms with Gasteiger partial charge in [-0.3, -0.25) is 9.78 Å². The number of nitrogens with zero attached hydrogens (tertiary/aromatic N) is 1. The van der Waals surface area contributed by atoms with Crippen LogP contribution >= 0.6 is 0 Å². The molecule has 0 radical (unpaired) electrons. The van der Waals surface area contributed by atoms with E-state index in [4.69, 9.17) is 0 Å². The molecule has 1 fully saturated rings. The van der Waals surface area contributed by atoms with E-state index >= 15 is 0 Å². The Morgan fingerprint density at radius 1 is 1.24 bits per heavy atom. The number of aryl methyl sites for hydroxylation is 1. The van der Waals surface area contributed by atoms with Crippen LogP contribution in [0.2, 0.25) is 0 Å². The zero-order chi connectivity index (χ0) is 12.1. The quantitative estimate of drug-likeness (QED) is 0.582. The minimum Gasteiger partial charge on any atom is -0.294 e. The summed E-state index contributed by atoms with van der Waals surface area (Å²) in [6.45, 7) is 1.94. The van der Waals surface area contributed by atoms with Crippen LogP contribution in [-0.2, 0) is 0 Å². The lowest BCUT2D eigenvalue weighted by Gasteiger charge is -2.12. The van der Waals surface area contributed by atoms with Gasteiger partial charge in [0.2, 0.25) is 0 Å². The fourth-order valence-electron chi connectivity index (χ4n) is 2.58.